The minimum atomic E-state index is -0.505. The van der Waals surface area contributed by atoms with Crippen molar-refractivity contribution in [2.75, 3.05) is 32.1 Å². The molecule has 2 aromatic rings. The van der Waals surface area contributed by atoms with Crippen LogP contribution in [0.3, 0.4) is 0 Å². The van der Waals surface area contributed by atoms with Gasteiger partial charge in [0.2, 0.25) is 5.91 Å². The lowest BCUT2D eigenvalue weighted by Crippen LogP contribution is -2.39. The first-order valence-corrected chi connectivity index (χ1v) is 9.19. The maximum absolute atomic E-state index is 12.5. The number of hydrogen-bond acceptors (Lipinski definition) is 4. The lowest BCUT2D eigenvalue weighted by molar-refractivity contribution is -0.117. The number of amides is 1. The van der Waals surface area contributed by atoms with Crippen LogP contribution in [0.1, 0.15) is 30.3 Å². The molecule has 0 aliphatic carbocycles. The molecule has 1 aromatic heterocycles. The first-order chi connectivity index (χ1) is 12.0. The van der Waals surface area contributed by atoms with Gasteiger partial charge in [0.25, 0.3) is 0 Å². The van der Waals surface area contributed by atoms with Crippen LogP contribution in [0.25, 0.3) is 10.9 Å². The summed E-state index contributed by atoms with van der Waals surface area (Å²) >= 11 is 3.43. The highest BCUT2D eigenvalue weighted by Gasteiger charge is 2.23. The Balaban J connectivity index is 1.84. The zero-order valence-electron chi connectivity index (χ0n) is 14.4. The van der Waals surface area contributed by atoms with Crippen molar-refractivity contribution in [2.45, 2.75) is 19.8 Å². The van der Waals surface area contributed by atoms with Crippen LogP contribution in [-0.2, 0) is 9.53 Å². The first-order valence-electron chi connectivity index (χ1n) is 8.39. The second-order valence-electron chi connectivity index (χ2n) is 6.59. The van der Waals surface area contributed by atoms with Gasteiger partial charge in [0.1, 0.15) is 5.69 Å². The molecule has 1 amide bonds. The predicted octanol–water partition coefficient (Wildman–Crippen LogP) is 3.39. The fraction of sp³-hybridized carbons (Fsp3) is 0.444. The van der Waals surface area contributed by atoms with Crippen molar-refractivity contribution in [2.24, 2.45) is 5.92 Å². The fourth-order valence-electron chi connectivity index (χ4n) is 3.36. The van der Waals surface area contributed by atoms with E-state index in [1.165, 1.54) is 13.5 Å². The van der Waals surface area contributed by atoms with Crippen molar-refractivity contribution >= 4 is 44.4 Å². The van der Waals surface area contributed by atoms with Gasteiger partial charge in [-0.1, -0.05) is 22.9 Å². The minimum absolute atomic E-state index is 0.125. The molecule has 1 fully saturated rings. The summed E-state index contributed by atoms with van der Waals surface area (Å²) in [6.07, 6.45) is 2.32. The number of nitrogens with zero attached hydrogens (tertiary/aromatic N) is 1. The summed E-state index contributed by atoms with van der Waals surface area (Å²) in [5.41, 5.74) is 1.50. The summed E-state index contributed by atoms with van der Waals surface area (Å²) in [4.78, 5) is 29.8. The summed E-state index contributed by atoms with van der Waals surface area (Å²) in [6, 6.07) is 5.60. The van der Waals surface area contributed by atoms with Crippen LogP contribution < -0.4 is 5.32 Å². The molecule has 2 heterocycles. The number of anilines is 1. The Kier molecular flexibility index (Phi) is 5.44. The molecule has 25 heavy (non-hydrogen) atoms. The molecule has 6 nitrogen and oxygen atoms in total. The van der Waals surface area contributed by atoms with Gasteiger partial charge < -0.3 is 15.0 Å². The van der Waals surface area contributed by atoms with E-state index in [0.717, 1.165) is 34.9 Å². The second-order valence-corrected chi connectivity index (χ2v) is 7.50. The quantitative estimate of drug-likeness (QED) is 0.761. The molecule has 134 valence electrons. The number of benzene rings is 1. The number of nitrogens with one attached hydrogen (secondary N) is 2. The van der Waals surface area contributed by atoms with Crippen molar-refractivity contribution in [3.05, 3.63) is 28.4 Å². The van der Waals surface area contributed by atoms with E-state index in [1.54, 1.807) is 0 Å². The molecule has 1 atom stereocenters. The summed E-state index contributed by atoms with van der Waals surface area (Å²) in [7, 11) is 1.32. The number of aromatic amines is 1. The normalized spacial score (nSPS) is 18.3. The van der Waals surface area contributed by atoms with Crippen LogP contribution in [0, 0.1) is 5.92 Å². The number of piperidine rings is 1. The number of rotatable bonds is 4. The van der Waals surface area contributed by atoms with Crippen molar-refractivity contribution in [1.82, 2.24) is 9.88 Å². The van der Waals surface area contributed by atoms with Crippen LogP contribution in [-0.4, -0.2) is 48.5 Å². The number of methoxy groups -OCH3 is 1. The fourth-order valence-corrected chi connectivity index (χ4v) is 3.72. The molecule has 3 rings (SSSR count). The maximum atomic E-state index is 12.5. The number of H-pyrrole nitrogens is 1. The Morgan fingerprint density at radius 2 is 2.24 bits per heavy atom. The Bertz CT molecular complexity index is 802. The van der Waals surface area contributed by atoms with Crippen molar-refractivity contribution in [3.8, 4) is 0 Å². The number of aromatic nitrogens is 1. The lowest BCUT2D eigenvalue weighted by Gasteiger charge is -2.30. The summed E-state index contributed by atoms with van der Waals surface area (Å²) in [6.45, 7) is 4.39. The number of carbonyl (C=O) groups excluding carboxylic acids is 2. The summed E-state index contributed by atoms with van der Waals surface area (Å²) in [5, 5.41) is 3.68. The molecule has 0 radical (unpaired) electrons. The van der Waals surface area contributed by atoms with E-state index in [9.17, 15) is 9.59 Å². The standard InChI is InChI=1S/C18H22BrN3O3/c1-11-4-3-7-22(9-11)10-15(23)21-16-13-8-12(19)5-6-14(13)20-17(16)18(24)25-2/h5-6,8,11,20H,3-4,7,9-10H2,1-2H3,(H,21,23)/t11-/m1/s1. The highest BCUT2D eigenvalue weighted by molar-refractivity contribution is 9.10. The van der Waals surface area contributed by atoms with Gasteiger partial charge in [0, 0.05) is 21.9 Å². The smallest absolute Gasteiger partial charge is 0.356 e. The third kappa shape index (κ3) is 4.04. The molecule has 7 heteroatoms. The number of ether oxygens (including phenoxy) is 1. The molecule has 1 saturated heterocycles. The SMILES string of the molecule is COC(=O)c1[nH]c2ccc(Br)cc2c1NC(=O)CN1CCC[C@@H](C)C1. The van der Waals surface area contributed by atoms with Crippen LogP contribution in [0.5, 0.6) is 0 Å². The number of likely N-dealkylation sites (tertiary alicyclic amines) is 1. The van der Waals surface area contributed by atoms with E-state index < -0.39 is 5.97 Å². The number of carbonyl (C=O) groups is 2. The van der Waals surface area contributed by atoms with Crippen LogP contribution in [0.15, 0.2) is 22.7 Å². The van der Waals surface area contributed by atoms with E-state index in [-0.39, 0.29) is 11.6 Å². The maximum Gasteiger partial charge on any atom is 0.356 e. The molecule has 0 bridgehead atoms. The molecule has 0 unspecified atom stereocenters. The highest BCUT2D eigenvalue weighted by Crippen LogP contribution is 2.31. The van der Waals surface area contributed by atoms with E-state index in [4.69, 9.17) is 4.74 Å². The highest BCUT2D eigenvalue weighted by atomic mass is 79.9. The molecule has 1 aliphatic rings. The van der Waals surface area contributed by atoms with Crippen LogP contribution in [0.2, 0.25) is 0 Å². The zero-order chi connectivity index (χ0) is 18.0. The molecular formula is C18H22BrN3O3. The average Bonchev–Trinajstić information content (AvgIpc) is 2.92. The predicted molar refractivity (Wildman–Crippen MR) is 101 cm³/mol. The van der Waals surface area contributed by atoms with Gasteiger partial charge in [-0.3, -0.25) is 9.69 Å². The van der Waals surface area contributed by atoms with Crippen molar-refractivity contribution < 1.29 is 14.3 Å². The Morgan fingerprint density at radius 1 is 1.44 bits per heavy atom. The molecule has 1 aliphatic heterocycles. The zero-order valence-corrected chi connectivity index (χ0v) is 16.0. The molecule has 1 aromatic carbocycles. The van der Waals surface area contributed by atoms with E-state index in [2.05, 4.69) is 38.1 Å². The van der Waals surface area contributed by atoms with E-state index in [1.807, 2.05) is 18.2 Å². The monoisotopic (exact) mass is 407 g/mol. The van der Waals surface area contributed by atoms with Gasteiger partial charge in [-0.05, 0) is 43.5 Å². The largest absolute Gasteiger partial charge is 0.464 e. The van der Waals surface area contributed by atoms with Gasteiger partial charge >= 0.3 is 5.97 Å². The van der Waals surface area contributed by atoms with Gasteiger partial charge in [0.05, 0.1) is 19.3 Å². The summed E-state index contributed by atoms with van der Waals surface area (Å²) < 4.78 is 5.71. The first kappa shape index (κ1) is 17.9. The van der Waals surface area contributed by atoms with Crippen LogP contribution >= 0.6 is 15.9 Å². The third-order valence-electron chi connectivity index (χ3n) is 4.52. The van der Waals surface area contributed by atoms with Gasteiger partial charge in [-0.15, -0.1) is 0 Å². The lowest BCUT2D eigenvalue weighted by atomic mass is 10.0. The molecular weight excluding hydrogens is 386 g/mol. The number of halogens is 1. The van der Waals surface area contributed by atoms with Crippen molar-refractivity contribution in [3.63, 3.8) is 0 Å². The molecule has 0 spiro atoms. The number of hydrogen-bond donors (Lipinski definition) is 2. The number of fused-ring (bicyclic) bond motifs is 1. The van der Waals surface area contributed by atoms with Gasteiger partial charge in [-0.2, -0.15) is 0 Å². The minimum Gasteiger partial charge on any atom is -0.464 e. The van der Waals surface area contributed by atoms with E-state index in [0.29, 0.717) is 18.2 Å². The second kappa shape index (κ2) is 7.58. The molecule has 2 N–H and O–H groups in total. The van der Waals surface area contributed by atoms with Gasteiger partial charge in [-0.25, -0.2) is 4.79 Å². The Morgan fingerprint density at radius 3 is 2.96 bits per heavy atom. The summed E-state index contributed by atoms with van der Waals surface area (Å²) in [5.74, 6) is -0.0226. The topological polar surface area (TPSA) is 74.4 Å². The number of esters is 1. The van der Waals surface area contributed by atoms with E-state index >= 15 is 0 Å². The Labute approximate surface area is 155 Å². The average molecular weight is 408 g/mol. The van der Waals surface area contributed by atoms with Gasteiger partial charge in [0.15, 0.2) is 0 Å². The van der Waals surface area contributed by atoms with Crippen LogP contribution in [0.4, 0.5) is 5.69 Å². The Hall–Kier alpha value is -1.86. The molecule has 0 saturated carbocycles. The van der Waals surface area contributed by atoms with Crippen molar-refractivity contribution in [1.29, 1.82) is 0 Å². The third-order valence-corrected chi connectivity index (χ3v) is 5.02.